The highest BCUT2D eigenvalue weighted by atomic mass is 32.2. The maximum Gasteiger partial charge on any atom is 0.362 e. The van der Waals surface area contributed by atoms with E-state index in [4.69, 9.17) is 16.3 Å². The van der Waals surface area contributed by atoms with Gasteiger partial charge in [0.1, 0.15) is 17.8 Å². The van der Waals surface area contributed by atoms with Gasteiger partial charge in [0.2, 0.25) is 5.60 Å². The predicted molar refractivity (Wildman–Crippen MR) is 140 cm³/mol. The highest BCUT2D eigenvalue weighted by Crippen LogP contribution is 2.40. The first-order chi connectivity index (χ1) is 19.4. The topological polar surface area (TPSA) is 262 Å². The maximum atomic E-state index is 13.2. The van der Waals surface area contributed by atoms with Crippen LogP contribution in [0.5, 0.6) is 0 Å². The first-order valence-corrected chi connectivity index (χ1v) is 14.8. The number of piperidine rings is 1. The molecule has 2 aromatic rings. The summed E-state index contributed by atoms with van der Waals surface area (Å²) in [5.74, 6) is -3.37. The van der Waals surface area contributed by atoms with E-state index in [0.29, 0.717) is 12.2 Å². The number of hydrogen-bond acceptors (Lipinski definition) is 14. The van der Waals surface area contributed by atoms with E-state index in [2.05, 4.69) is 30.6 Å². The molecule has 0 bridgehead atoms. The highest BCUT2D eigenvalue weighted by Gasteiger charge is 2.56. The quantitative estimate of drug-likeness (QED) is 0.0779. The van der Waals surface area contributed by atoms with Crippen molar-refractivity contribution in [3.63, 3.8) is 0 Å². The fraction of sp³-hybridized carbons (Fsp3) is 0.571. The number of carbonyl (C=O) groups is 3. The number of oxime groups is 1. The molecule has 5 rings (SSSR count). The fourth-order valence-electron chi connectivity index (χ4n) is 4.54. The minimum atomic E-state index is -4.98. The zero-order chi connectivity index (χ0) is 29.5. The summed E-state index contributed by atoms with van der Waals surface area (Å²) in [6.07, 6.45) is 3.56. The van der Waals surface area contributed by atoms with Gasteiger partial charge in [0.05, 0.1) is 18.4 Å². The Balaban J connectivity index is 1.32. The summed E-state index contributed by atoms with van der Waals surface area (Å²) in [4.78, 5) is 49.9. The largest absolute Gasteiger partial charge is 0.478 e. The summed E-state index contributed by atoms with van der Waals surface area (Å²) in [5, 5.41) is 25.4. The van der Waals surface area contributed by atoms with E-state index in [-0.39, 0.29) is 40.6 Å². The standard InChI is InChI=1S/C21H28N10O8S2/c22-11-1-5-29(6-2-11)8-12-7-24-30(27-12)9-14-16(18(33)31(14)41(36,37)38)26-17(32)15(13-10-40-20(23)25-13)28-39-21(3-4-21)19(34)35/h7,10-11,14,16H,1-6,8-9,22H2,(H2,23,25)(H,26,32)(H,34,35)(H,36,37,38). The van der Waals surface area contributed by atoms with E-state index in [1.165, 1.54) is 16.4 Å². The number of rotatable bonds is 11. The molecule has 2 unspecified atom stereocenters. The molecule has 1 saturated carbocycles. The summed E-state index contributed by atoms with van der Waals surface area (Å²) in [5.41, 5.74) is 10.1. The molecule has 1 aliphatic carbocycles. The second kappa shape index (κ2) is 10.9. The number of hydrogen-bond donors (Lipinski definition) is 5. The minimum absolute atomic E-state index is 0.0433. The van der Waals surface area contributed by atoms with E-state index in [9.17, 15) is 32.5 Å². The van der Waals surface area contributed by atoms with Crippen LogP contribution in [0.4, 0.5) is 5.13 Å². The van der Waals surface area contributed by atoms with Gasteiger partial charge in [0.15, 0.2) is 10.8 Å². The molecule has 222 valence electrons. The first-order valence-electron chi connectivity index (χ1n) is 12.6. The van der Waals surface area contributed by atoms with Crippen LogP contribution < -0.4 is 16.8 Å². The Morgan fingerprint density at radius 1 is 1.29 bits per heavy atom. The Morgan fingerprint density at radius 2 is 2.00 bits per heavy atom. The van der Waals surface area contributed by atoms with Gasteiger partial charge in [-0.25, -0.2) is 14.1 Å². The van der Waals surface area contributed by atoms with Crippen LogP contribution in [0.15, 0.2) is 16.7 Å². The summed E-state index contributed by atoms with van der Waals surface area (Å²) in [6, 6.07) is -2.56. The molecule has 18 nitrogen and oxygen atoms in total. The van der Waals surface area contributed by atoms with Crippen molar-refractivity contribution in [2.45, 2.75) is 62.5 Å². The summed E-state index contributed by atoms with van der Waals surface area (Å²) in [6.45, 7) is 1.80. The van der Waals surface area contributed by atoms with Gasteiger partial charge >= 0.3 is 16.3 Å². The van der Waals surface area contributed by atoms with Crippen LogP contribution >= 0.6 is 11.3 Å². The number of nitrogens with two attached hydrogens (primary N) is 2. The third-order valence-electron chi connectivity index (χ3n) is 7.04. The van der Waals surface area contributed by atoms with Crippen LogP contribution in [-0.2, 0) is 42.6 Å². The average Bonchev–Trinajstić information content (AvgIpc) is 3.38. The number of likely N-dealkylation sites (tertiary alicyclic amines) is 1. The Bertz CT molecular complexity index is 1480. The normalized spacial score (nSPS) is 23.2. The van der Waals surface area contributed by atoms with Crippen LogP contribution in [0.2, 0.25) is 0 Å². The van der Waals surface area contributed by atoms with Crippen LogP contribution in [-0.4, -0.2) is 108 Å². The molecule has 3 aliphatic rings. The average molecular weight is 613 g/mol. The minimum Gasteiger partial charge on any atom is -0.478 e. The predicted octanol–water partition coefficient (Wildman–Crippen LogP) is -2.22. The maximum absolute atomic E-state index is 13.2. The van der Waals surface area contributed by atoms with Crippen molar-refractivity contribution in [1.82, 2.24) is 34.5 Å². The van der Waals surface area contributed by atoms with Crippen LogP contribution in [0.3, 0.4) is 0 Å². The van der Waals surface area contributed by atoms with E-state index in [1.54, 1.807) is 0 Å². The lowest BCUT2D eigenvalue weighted by molar-refractivity contribution is -0.153. The SMILES string of the molecule is Nc1nc(C(=NOC2(C(=O)O)CC2)C(=O)NC2C(=O)N(S(=O)(=O)O)C2Cn2ncc(CN3CCC(N)CC3)n2)cs1. The number of nitrogen functional groups attached to an aromatic ring is 1. The third kappa shape index (κ3) is 6.15. The Labute approximate surface area is 237 Å². The molecule has 20 heteroatoms. The van der Waals surface area contributed by atoms with Gasteiger partial charge in [-0.05, 0) is 12.8 Å². The lowest BCUT2D eigenvalue weighted by atomic mass is 9.98. The van der Waals surface area contributed by atoms with Crippen LogP contribution in [0, 0.1) is 0 Å². The lowest BCUT2D eigenvalue weighted by Crippen LogP contribution is -2.73. The van der Waals surface area contributed by atoms with E-state index < -0.39 is 51.5 Å². The van der Waals surface area contributed by atoms with Gasteiger partial charge < -0.3 is 26.7 Å². The number of amides is 2. The van der Waals surface area contributed by atoms with Crippen LogP contribution in [0.25, 0.3) is 0 Å². The van der Waals surface area contributed by atoms with Crippen LogP contribution in [0.1, 0.15) is 37.1 Å². The number of thiazole rings is 1. The van der Waals surface area contributed by atoms with Crippen molar-refractivity contribution in [2.75, 3.05) is 18.8 Å². The van der Waals surface area contributed by atoms with E-state index in [1.807, 2.05) is 0 Å². The van der Waals surface area contributed by atoms with Crippen molar-refractivity contribution in [3.8, 4) is 0 Å². The Hall–Kier alpha value is -3.72. The molecular weight excluding hydrogens is 584 g/mol. The summed E-state index contributed by atoms with van der Waals surface area (Å²) >= 11 is 0.982. The number of carboxylic acids is 1. The molecule has 7 N–H and O–H groups in total. The smallest absolute Gasteiger partial charge is 0.362 e. The molecule has 3 fully saturated rings. The molecule has 0 aromatic carbocycles. The molecule has 4 heterocycles. The van der Waals surface area contributed by atoms with Gasteiger partial charge in [0, 0.05) is 43.9 Å². The molecule has 2 amide bonds. The Kier molecular flexibility index (Phi) is 7.68. The molecule has 0 spiro atoms. The zero-order valence-corrected chi connectivity index (χ0v) is 23.1. The van der Waals surface area contributed by atoms with Crippen molar-refractivity contribution in [1.29, 1.82) is 0 Å². The van der Waals surface area contributed by atoms with Crippen molar-refractivity contribution in [3.05, 3.63) is 23.0 Å². The molecule has 2 atom stereocenters. The molecule has 2 aromatic heterocycles. The number of carboxylic acid groups (broad SMARTS) is 1. The number of carbonyl (C=O) groups excluding carboxylic acids is 2. The second-order valence-corrected chi connectivity index (χ2v) is 12.2. The monoisotopic (exact) mass is 612 g/mol. The van der Waals surface area contributed by atoms with Gasteiger partial charge in [0.25, 0.3) is 11.8 Å². The second-order valence-electron chi connectivity index (χ2n) is 10.0. The third-order valence-corrected chi connectivity index (χ3v) is 8.66. The number of aromatic nitrogens is 4. The van der Waals surface area contributed by atoms with Crippen molar-refractivity contribution >= 4 is 50.3 Å². The van der Waals surface area contributed by atoms with Gasteiger partial charge in [-0.3, -0.25) is 19.0 Å². The summed E-state index contributed by atoms with van der Waals surface area (Å²) < 4.78 is 33.8. The lowest BCUT2D eigenvalue weighted by Gasteiger charge is -2.43. The number of anilines is 1. The number of aliphatic carboxylic acids is 1. The Morgan fingerprint density at radius 3 is 2.59 bits per heavy atom. The molecule has 2 aliphatic heterocycles. The van der Waals surface area contributed by atoms with E-state index >= 15 is 0 Å². The molecule has 2 saturated heterocycles. The van der Waals surface area contributed by atoms with Crippen molar-refractivity contribution < 1.29 is 37.3 Å². The fourth-order valence-corrected chi connectivity index (χ4v) is 5.96. The number of nitrogens with one attached hydrogen (secondary N) is 1. The first kappa shape index (κ1) is 28.8. The zero-order valence-electron chi connectivity index (χ0n) is 21.5. The van der Waals surface area contributed by atoms with E-state index in [0.717, 1.165) is 37.3 Å². The van der Waals surface area contributed by atoms with Gasteiger partial charge in [-0.1, -0.05) is 5.16 Å². The molecule has 0 radical (unpaired) electrons. The highest BCUT2D eigenvalue weighted by molar-refractivity contribution is 7.84. The molecule has 41 heavy (non-hydrogen) atoms. The number of β-lactam (4-membered cyclic amide) rings is 1. The number of nitrogens with zero attached hydrogens (tertiary/aromatic N) is 7. The van der Waals surface area contributed by atoms with Gasteiger partial charge in [-0.15, -0.1) is 11.3 Å². The van der Waals surface area contributed by atoms with Gasteiger partial charge in [-0.2, -0.15) is 23.4 Å². The molecular formula is C21H28N10O8S2. The summed E-state index contributed by atoms with van der Waals surface area (Å²) in [7, 11) is -4.98. The van der Waals surface area contributed by atoms with Crippen molar-refractivity contribution in [2.24, 2.45) is 10.9 Å².